The van der Waals surface area contributed by atoms with Crippen LogP contribution in [0.2, 0.25) is 5.15 Å². The van der Waals surface area contributed by atoms with E-state index in [2.05, 4.69) is 10.3 Å². The molecule has 1 aromatic carbocycles. The van der Waals surface area contributed by atoms with E-state index in [1.807, 2.05) is 0 Å². The molecule has 1 amide bonds. The zero-order valence-corrected chi connectivity index (χ0v) is 11.3. The Morgan fingerprint density at radius 3 is 2.70 bits per heavy atom. The second-order valence-electron chi connectivity index (χ2n) is 4.13. The van der Waals surface area contributed by atoms with Gasteiger partial charge in [-0.05, 0) is 36.8 Å². The van der Waals surface area contributed by atoms with Gasteiger partial charge < -0.3 is 10.4 Å². The average Bonchev–Trinajstić information content (AvgIpc) is 2.41. The topological polar surface area (TPSA) is 79.3 Å². The van der Waals surface area contributed by atoms with Gasteiger partial charge >= 0.3 is 5.97 Å². The van der Waals surface area contributed by atoms with Crippen molar-refractivity contribution in [1.82, 2.24) is 4.98 Å². The van der Waals surface area contributed by atoms with Crippen molar-refractivity contribution < 1.29 is 14.7 Å². The summed E-state index contributed by atoms with van der Waals surface area (Å²) in [5.74, 6) is -1.49. The molecular formula is C14H11ClN2O3. The third kappa shape index (κ3) is 2.95. The van der Waals surface area contributed by atoms with Crippen molar-refractivity contribution in [3.05, 3.63) is 58.4 Å². The van der Waals surface area contributed by atoms with Gasteiger partial charge in [-0.3, -0.25) is 4.79 Å². The second kappa shape index (κ2) is 5.71. The molecule has 6 heteroatoms. The number of benzene rings is 1. The molecule has 2 aromatic rings. The predicted molar refractivity (Wildman–Crippen MR) is 75.3 cm³/mol. The molecule has 0 saturated heterocycles. The van der Waals surface area contributed by atoms with Gasteiger partial charge in [0.25, 0.3) is 5.91 Å². The highest BCUT2D eigenvalue weighted by Gasteiger charge is 2.13. The number of anilines is 1. The van der Waals surface area contributed by atoms with E-state index in [-0.39, 0.29) is 16.3 Å². The van der Waals surface area contributed by atoms with Crippen LogP contribution in [0.5, 0.6) is 0 Å². The number of hydrogen-bond acceptors (Lipinski definition) is 3. The highest BCUT2D eigenvalue weighted by molar-refractivity contribution is 6.33. The number of amides is 1. The average molecular weight is 291 g/mol. The standard InChI is InChI=1S/C14H11ClN2O3/c1-8-4-5-9(14(19)20)7-11(8)17-13(18)10-3-2-6-16-12(10)15/h2-7H,1H3,(H,17,18)(H,19,20). The first-order chi connectivity index (χ1) is 9.49. The molecule has 0 aliphatic carbocycles. The van der Waals surface area contributed by atoms with Crippen LogP contribution < -0.4 is 5.32 Å². The van der Waals surface area contributed by atoms with Gasteiger partial charge in [0.2, 0.25) is 0 Å². The van der Waals surface area contributed by atoms with Crippen LogP contribution in [0.3, 0.4) is 0 Å². The molecule has 102 valence electrons. The van der Waals surface area contributed by atoms with Gasteiger partial charge in [-0.2, -0.15) is 0 Å². The van der Waals surface area contributed by atoms with E-state index >= 15 is 0 Å². The third-order valence-electron chi connectivity index (χ3n) is 2.74. The third-order valence-corrected chi connectivity index (χ3v) is 3.04. The fraction of sp³-hybridized carbons (Fsp3) is 0.0714. The van der Waals surface area contributed by atoms with Crippen molar-refractivity contribution >= 4 is 29.2 Å². The molecule has 0 saturated carbocycles. The Hall–Kier alpha value is -2.40. The number of nitrogens with one attached hydrogen (secondary N) is 1. The molecular weight excluding hydrogens is 280 g/mol. The van der Waals surface area contributed by atoms with Crippen LogP contribution in [0, 0.1) is 6.92 Å². The van der Waals surface area contributed by atoms with Gasteiger partial charge in [0, 0.05) is 11.9 Å². The van der Waals surface area contributed by atoms with Crippen LogP contribution in [0.1, 0.15) is 26.3 Å². The Kier molecular flexibility index (Phi) is 4.00. The second-order valence-corrected chi connectivity index (χ2v) is 4.49. The molecule has 0 unspecified atom stereocenters. The summed E-state index contributed by atoms with van der Waals surface area (Å²) in [6.45, 7) is 1.77. The lowest BCUT2D eigenvalue weighted by Gasteiger charge is -2.09. The molecule has 0 fully saturated rings. The van der Waals surface area contributed by atoms with E-state index < -0.39 is 11.9 Å². The molecule has 2 N–H and O–H groups in total. The molecule has 1 heterocycles. The lowest BCUT2D eigenvalue weighted by molar-refractivity contribution is 0.0696. The van der Waals surface area contributed by atoms with Crippen LogP contribution in [0.15, 0.2) is 36.5 Å². The molecule has 1 aromatic heterocycles. The van der Waals surface area contributed by atoms with Gasteiger partial charge in [-0.25, -0.2) is 9.78 Å². The largest absolute Gasteiger partial charge is 0.478 e. The summed E-state index contributed by atoms with van der Waals surface area (Å²) in [4.78, 5) is 26.8. The van der Waals surface area contributed by atoms with E-state index in [4.69, 9.17) is 16.7 Å². The van der Waals surface area contributed by atoms with Crippen LogP contribution in [0.4, 0.5) is 5.69 Å². The zero-order chi connectivity index (χ0) is 14.7. The van der Waals surface area contributed by atoms with E-state index in [9.17, 15) is 9.59 Å². The van der Waals surface area contributed by atoms with E-state index in [0.29, 0.717) is 5.69 Å². The van der Waals surface area contributed by atoms with Crippen LogP contribution in [0.25, 0.3) is 0 Å². The summed E-state index contributed by atoms with van der Waals surface area (Å²) < 4.78 is 0. The summed E-state index contributed by atoms with van der Waals surface area (Å²) in [7, 11) is 0. The molecule has 5 nitrogen and oxygen atoms in total. The van der Waals surface area contributed by atoms with Gasteiger partial charge in [-0.15, -0.1) is 0 Å². The fourth-order valence-electron chi connectivity index (χ4n) is 1.63. The summed E-state index contributed by atoms with van der Waals surface area (Å²) in [6.07, 6.45) is 1.48. The lowest BCUT2D eigenvalue weighted by Crippen LogP contribution is -2.14. The Labute approximate surface area is 120 Å². The quantitative estimate of drug-likeness (QED) is 0.852. The molecule has 0 aliphatic rings. The zero-order valence-electron chi connectivity index (χ0n) is 10.6. The number of aromatic carboxylic acids is 1. The Morgan fingerprint density at radius 1 is 1.30 bits per heavy atom. The molecule has 0 bridgehead atoms. The predicted octanol–water partition coefficient (Wildman–Crippen LogP) is 2.99. The van der Waals surface area contributed by atoms with Gasteiger partial charge in [0.1, 0.15) is 5.15 Å². The summed E-state index contributed by atoms with van der Waals surface area (Å²) in [6, 6.07) is 7.65. The number of carbonyl (C=O) groups excluding carboxylic acids is 1. The molecule has 0 atom stereocenters. The van der Waals surface area contributed by atoms with E-state index in [1.165, 1.54) is 18.3 Å². The first-order valence-corrected chi connectivity index (χ1v) is 6.12. The highest BCUT2D eigenvalue weighted by Crippen LogP contribution is 2.19. The number of nitrogens with zero attached hydrogens (tertiary/aromatic N) is 1. The summed E-state index contributed by atoms with van der Waals surface area (Å²) >= 11 is 5.84. The minimum absolute atomic E-state index is 0.0945. The maximum atomic E-state index is 12.1. The van der Waals surface area contributed by atoms with Crippen molar-refractivity contribution in [3.8, 4) is 0 Å². The maximum Gasteiger partial charge on any atom is 0.335 e. The number of hydrogen-bond donors (Lipinski definition) is 2. The van der Waals surface area contributed by atoms with Gasteiger partial charge in [0.05, 0.1) is 11.1 Å². The number of aromatic nitrogens is 1. The number of carbonyl (C=O) groups is 2. The fourth-order valence-corrected chi connectivity index (χ4v) is 1.84. The number of carboxylic acids is 1. The number of halogens is 1. The SMILES string of the molecule is Cc1ccc(C(=O)O)cc1NC(=O)c1cccnc1Cl. The monoisotopic (exact) mass is 290 g/mol. The van der Waals surface area contributed by atoms with Crippen LogP contribution >= 0.6 is 11.6 Å². The first-order valence-electron chi connectivity index (χ1n) is 5.75. The number of aryl methyl sites for hydroxylation is 1. The molecule has 0 aliphatic heterocycles. The Bertz CT molecular complexity index is 686. The van der Waals surface area contributed by atoms with Crippen molar-refractivity contribution in [2.45, 2.75) is 6.92 Å². The number of carboxylic acid groups (broad SMARTS) is 1. The normalized spacial score (nSPS) is 10.1. The number of rotatable bonds is 3. The Balaban J connectivity index is 2.30. The smallest absolute Gasteiger partial charge is 0.335 e. The summed E-state index contributed by atoms with van der Waals surface area (Å²) in [5, 5.41) is 11.7. The van der Waals surface area contributed by atoms with Gasteiger partial charge in [-0.1, -0.05) is 17.7 Å². The van der Waals surface area contributed by atoms with Crippen molar-refractivity contribution in [3.63, 3.8) is 0 Å². The lowest BCUT2D eigenvalue weighted by atomic mass is 10.1. The Morgan fingerprint density at radius 2 is 2.05 bits per heavy atom. The molecule has 2 rings (SSSR count). The minimum atomic E-state index is -1.06. The maximum absolute atomic E-state index is 12.1. The van der Waals surface area contributed by atoms with Crippen molar-refractivity contribution in [2.75, 3.05) is 5.32 Å². The van der Waals surface area contributed by atoms with Crippen LogP contribution in [-0.2, 0) is 0 Å². The van der Waals surface area contributed by atoms with Crippen molar-refractivity contribution in [1.29, 1.82) is 0 Å². The summed E-state index contributed by atoms with van der Waals surface area (Å²) in [5.41, 5.74) is 1.51. The molecule has 0 radical (unpaired) electrons. The molecule has 20 heavy (non-hydrogen) atoms. The molecule has 0 spiro atoms. The first kappa shape index (κ1) is 14.0. The minimum Gasteiger partial charge on any atom is -0.478 e. The van der Waals surface area contributed by atoms with Crippen molar-refractivity contribution in [2.24, 2.45) is 0 Å². The number of pyridine rings is 1. The highest BCUT2D eigenvalue weighted by atomic mass is 35.5. The van der Waals surface area contributed by atoms with Gasteiger partial charge in [0.15, 0.2) is 0 Å². The van der Waals surface area contributed by atoms with E-state index in [0.717, 1.165) is 5.56 Å². The van der Waals surface area contributed by atoms with Crippen LogP contribution in [-0.4, -0.2) is 22.0 Å². The van der Waals surface area contributed by atoms with E-state index in [1.54, 1.807) is 25.1 Å².